The molecular formula is C9H14Si. The van der Waals surface area contributed by atoms with Gasteiger partial charge in [0, 0.05) is 9.96 Å². The maximum absolute atomic E-state index is 7.81. The molecule has 0 aromatic heterocycles. The van der Waals surface area contributed by atoms with Crippen LogP contribution in [0.5, 0.6) is 0 Å². The molecule has 0 bridgehead atoms. The minimum absolute atomic E-state index is 0.966. The van der Waals surface area contributed by atoms with Gasteiger partial charge in [-0.25, -0.2) is 0 Å². The zero-order valence-corrected chi connectivity index (χ0v) is 7.59. The molecule has 0 fully saturated rings. The van der Waals surface area contributed by atoms with E-state index in [4.69, 9.17) is 1.23 Å². The van der Waals surface area contributed by atoms with E-state index in [9.17, 15) is 0 Å². The van der Waals surface area contributed by atoms with E-state index in [0.29, 0.717) is 0 Å². The second-order valence-corrected chi connectivity index (χ2v) is 5.64. The van der Waals surface area contributed by atoms with Crippen molar-refractivity contribution in [3.63, 3.8) is 0 Å². The molecule has 1 heteroatoms. The summed E-state index contributed by atoms with van der Waals surface area (Å²) in [5.41, 5.74) is 1.30. The summed E-state index contributed by atoms with van der Waals surface area (Å²) in [5.74, 6) is 0. The minimum Gasteiger partial charge on any atom is -0.0719 e. The third-order valence-corrected chi connectivity index (χ3v) is 2.52. The summed E-state index contributed by atoms with van der Waals surface area (Å²) in [7, 11) is -1.65. The van der Waals surface area contributed by atoms with Gasteiger partial charge in [0.25, 0.3) is 0 Å². The van der Waals surface area contributed by atoms with Gasteiger partial charge < -0.3 is 0 Å². The Morgan fingerprint density at radius 1 is 1.30 bits per heavy atom. The molecule has 0 spiro atoms. The van der Waals surface area contributed by atoms with Gasteiger partial charge in [-0.15, -0.1) is 0 Å². The third-order valence-electron chi connectivity index (χ3n) is 1.40. The van der Waals surface area contributed by atoms with Crippen molar-refractivity contribution in [3.8, 4) is 0 Å². The number of benzene rings is 1. The normalized spacial score (nSPS) is 12.8. The SMILES string of the molecule is [2H][Si](C)(C)Cc1ccccc1. The van der Waals surface area contributed by atoms with E-state index in [1.54, 1.807) is 0 Å². The number of hydrogen-bond acceptors (Lipinski definition) is 0. The first-order valence-electron chi connectivity index (χ1n) is 4.12. The zero-order valence-electron chi connectivity index (χ0n) is 7.59. The van der Waals surface area contributed by atoms with Crippen LogP contribution in [-0.4, -0.2) is 9.96 Å². The van der Waals surface area contributed by atoms with Crippen molar-refractivity contribution < 1.29 is 0 Å². The third kappa shape index (κ3) is 2.36. The van der Waals surface area contributed by atoms with Gasteiger partial charge in [-0.3, -0.25) is 0 Å². The molecule has 0 atom stereocenters. The Morgan fingerprint density at radius 3 is 2.40 bits per heavy atom. The molecule has 1 rings (SSSR count). The van der Waals surface area contributed by atoms with Gasteiger partial charge in [-0.05, 0) is 6.04 Å². The second kappa shape index (κ2) is 3.57. The Bertz CT molecular complexity index is 213. The maximum atomic E-state index is 7.81. The average molecular weight is 151 g/mol. The molecule has 0 unspecified atom stereocenters. The largest absolute Gasteiger partial charge is 0.0719 e. The highest BCUT2D eigenvalue weighted by Gasteiger charge is 1.95. The monoisotopic (exact) mass is 151 g/mol. The van der Waals surface area contributed by atoms with Crippen molar-refractivity contribution in [1.29, 1.82) is 1.23 Å². The minimum atomic E-state index is -1.65. The summed E-state index contributed by atoms with van der Waals surface area (Å²) in [6.07, 6.45) is 0. The van der Waals surface area contributed by atoms with E-state index in [-0.39, 0.29) is 0 Å². The smallest absolute Gasteiger partial charge is 0.0352 e. The van der Waals surface area contributed by atoms with Crippen molar-refractivity contribution in [3.05, 3.63) is 35.9 Å². The van der Waals surface area contributed by atoms with Crippen molar-refractivity contribution in [2.24, 2.45) is 0 Å². The second-order valence-electron chi connectivity index (χ2n) is 2.87. The highest BCUT2D eigenvalue weighted by Crippen LogP contribution is 2.01. The quantitative estimate of drug-likeness (QED) is 0.569. The van der Waals surface area contributed by atoms with Crippen molar-refractivity contribution in [1.82, 2.24) is 0 Å². The van der Waals surface area contributed by atoms with E-state index in [2.05, 4.69) is 25.2 Å². The van der Waals surface area contributed by atoms with Crippen LogP contribution >= 0.6 is 0 Å². The summed E-state index contributed by atoms with van der Waals surface area (Å²) >= 11 is 0. The van der Waals surface area contributed by atoms with E-state index >= 15 is 0 Å². The van der Waals surface area contributed by atoms with Crippen LogP contribution in [0.3, 0.4) is 0 Å². The Labute approximate surface area is 65.7 Å². The van der Waals surface area contributed by atoms with Gasteiger partial charge in [-0.2, -0.15) is 0 Å². The van der Waals surface area contributed by atoms with Crippen LogP contribution in [0.4, 0.5) is 0 Å². The lowest BCUT2D eigenvalue weighted by atomic mass is 10.2. The molecule has 0 aliphatic heterocycles. The fourth-order valence-corrected chi connectivity index (χ4v) is 2.06. The van der Waals surface area contributed by atoms with Gasteiger partial charge in [0.1, 0.15) is 0 Å². The molecule has 0 saturated heterocycles. The summed E-state index contributed by atoms with van der Waals surface area (Å²) < 4.78 is 7.81. The lowest BCUT2D eigenvalue weighted by molar-refractivity contribution is 1.35. The molecule has 0 heterocycles. The van der Waals surface area contributed by atoms with Gasteiger partial charge in [0.05, 0.1) is 0 Å². The van der Waals surface area contributed by atoms with Crippen LogP contribution in [0.25, 0.3) is 0 Å². The molecule has 10 heavy (non-hydrogen) atoms. The van der Waals surface area contributed by atoms with Gasteiger partial charge >= 0.3 is 0 Å². The lowest BCUT2D eigenvalue weighted by Crippen LogP contribution is -2.04. The Morgan fingerprint density at radius 2 is 1.90 bits per heavy atom. The van der Waals surface area contributed by atoms with Crippen LogP contribution in [-0.2, 0) is 6.04 Å². The fourth-order valence-electron chi connectivity index (χ4n) is 1.00. The predicted molar refractivity (Wildman–Crippen MR) is 49.0 cm³/mol. The van der Waals surface area contributed by atoms with Crippen LogP contribution < -0.4 is 0 Å². The van der Waals surface area contributed by atoms with Gasteiger partial charge in [-0.1, -0.05) is 49.0 Å². The molecule has 0 aliphatic carbocycles. The highest BCUT2D eigenvalue weighted by molar-refractivity contribution is 6.55. The topological polar surface area (TPSA) is 0 Å². The Balaban J connectivity index is 2.66. The molecule has 0 N–H and O–H groups in total. The first-order chi connectivity index (χ1) is 5.08. The molecule has 1 aromatic rings. The highest BCUT2D eigenvalue weighted by atomic mass is 28.3. The zero-order chi connectivity index (χ0) is 8.32. The summed E-state index contributed by atoms with van der Waals surface area (Å²) in [5, 5.41) is 0. The van der Waals surface area contributed by atoms with Gasteiger partial charge in [0.15, 0.2) is 0 Å². The van der Waals surface area contributed by atoms with E-state index in [1.807, 2.05) is 18.2 Å². The molecule has 54 valence electrons. The van der Waals surface area contributed by atoms with Crippen LogP contribution in [0.1, 0.15) is 5.56 Å². The summed E-state index contributed by atoms with van der Waals surface area (Å²) in [6.45, 7) is 4.14. The summed E-state index contributed by atoms with van der Waals surface area (Å²) in [4.78, 5) is 0. The number of hydrogen-bond donors (Lipinski definition) is 0. The first kappa shape index (κ1) is 6.17. The van der Waals surface area contributed by atoms with E-state index < -0.39 is 8.73 Å². The number of rotatable bonds is 2. The van der Waals surface area contributed by atoms with E-state index in [1.165, 1.54) is 5.56 Å². The molecule has 0 aliphatic rings. The fraction of sp³-hybridized carbons (Fsp3) is 0.333. The standard InChI is InChI=1S/C9H14Si/c1-10(2)8-9-6-4-3-5-7-9/h3-7,10H,8H2,1-2H3/i10D. The Hall–Kier alpha value is -0.563. The maximum Gasteiger partial charge on any atom is 0.0352 e. The first-order valence-corrected chi connectivity index (χ1v) is 6.32. The molecular weight excluding hydrogens is 136 g/mol. The van der Waals surface area contributed by atoms with Crippen molar-refractivity contribution >= 4 is 8.73 Å². The van der Waals surface area contributed by atoms with Crippen molar-refractivity contribution in [2.45, 2.75) is 19.1 Å². The molecule has 0 amide bonds. The predicted octanol–water partition coefficient (Wildman–Crippen LogP) is 2.25. The van der Waals surface area contributed by atoms with Crippen LogP contribution in [0, 0.1) is 0 Å². The molecule has 0 nitrogen and oxygen atoms in total. The van der Waals surface area contributed by atoms with Gasteiger partial charge in [0.2, 0.25) is 0 Å². The van der Waals surface area contributed by atoms with E-state index in [0.717, 1.165) is 6.04 Å². The van der Waals surface area contributed by atoms with Crippen LogP contribution in [0.15, 0.2) is 30.3 Å². The molecule has 1 aromatic carbocycles. The van der Waals surface area contributed by atoms with Crippen molar-refractivity contribution in [2.75, 3.05) is 0 Å². The Kier molecular flexibility index (Phi) is 2.20. The average Bonchev–Trinajstić information content (AvgIpc) is 1.85. The van der Waals surface area contributed by atoms with Crippen LogP contribution in [0.2, 0.25) is 13.1 Å². The lowest BCUT2D eigenvalue weighted by Gasteiger charge is -2.01. The molecule has 0 saturated carbocycles. The molecule has 0 radical (unpaired) electrons. The summed E-state index contributed by atoms with van der Waals surface area (Å²) in [6, 6.07) is 11.3.